The Kier molecular flexibility index (Phi) is 8.03. The van der Waals surface area contributed by atoms with Gasteiger partial charge < -0.3 is 24.8 Å². The minimum absolute atomic E-state index is 0.0715. The summed E-state index contributed by atoms with van der Waals surface area (Å²) in [5, 5.41) is 0.930. The highest BCUT2D eigenvalue weighted by molar-refractivity contribution is 14.1. The number of nitrogen functional groups attached to an aromatic ring is 1. The van der Waals surface area contributed by atoms with E-state index in [1.54, 1.807) is 6.07 Å². The van der Waals surface area contributed by atoms with E-state index in [1.165, 1.54) is 17.0 Å². The van der Waals surface area contributed by atoms with Gasteiger partial charge in [-0.15, -0.1) is 11.3 Å². The summed E-state index contributed by atoms with van der Waals surface area (Å²) in [6, 6.07) is 3.59. The van der Waals surface area contributed by atoms with Gasteiger partial charge in [0.05, 0.1) is 43.4 Å². The zero-order valence-corrected chi connectivity index (χ0v) is 28.1. The van der Waals surface area contributed by atoms with Crippen LogP contribution in [0.1, 0.15) is 32.1 Å². The Labute approximate surface area is 284 Å². The molecular formula is C32H31F5IN5O3S. The van der Waals surface area contributed by atoms with Crippen molar-refractivity contribution in [3.8, 4) is 22.9 Å². The first-order chi connectivity index (χ1) is 22.6. The smallest absolute Gasteiger partial charge is 0.319 e. The molecule has 6 heterocycles. The third-order valence-electron chi connectivity index (χ3n) is 9.87. The molecule has 47 heavy (non-hydrogen) atoms. The van der Waals surface area contributed by atoms with Crippen LogP contribution in [0.5, 0.6) is 11.8 Å². The van der Waals surface area contributed by atoms with Gasteiger partial charge in [0.2, 0.25) is 0 Å². The van der Waals surface area contributed by atoms with Crippen LogP contribution in [0, 0.1) is 15.2 Å². The molecular weight excluding hydrogens is 756 g/mol. The van der Waals surface area contributed by atoms with E-state index in [0.717, 1.165) is 30.7 Å². The van der Waals surface area contributed by atoms with Crippen molar-refractivity contribution in [2.75, 3.05) is 50.1 Å². The van der Waals surface area contributed by atoms with Gasteiger partial charge in [-0.1, -0.05) is 6.07 Å². The highest BCUT2D eigenvalue weighted by atomic mass is 127. The summed E-state index contributed by atoms with van der Waals surface area (Å²) < 4.78 is 94.3. The Balaban J connectivity index is 1.35. The fourth-order valence-electron chi connectivity index (χ4n) is 7.87. The van der Waals surface area contributed by atoms with Crippen molar-refractivity contribution in [3.63, 3.8) is 0 Å². The number of fused-ring (bicyclic) bond motifs is 3. The summed E-state index contributed by atoms with van der Waals surface area (Å²) >= 11 is 3.04. The van der Waals surface area contributed by atoms with Crippen molar-refractivity contribution >= 4 is 65.7 Å². The van der Waals surface area contributed by atoms with Gasteiger partial charge in [0, 0.05) is 30.5 Å². The molecule has 250 valence electrons. The Morgan fingerprint density at radius 2 is 2.06 bits per heavy atom. The Bertz CT molecular complexity index is 1880. The average Bonchev–Trinajstić information content (AvgIpc) is 3.61. The number of rotatable bonds is 6. The van der Waals surface area contributed by atoms with Gasteiger partial charge in [-0.05, 0) is 72.5 Å². The monoisotopic (exact) mass is 787 g/mol. The molecule has 2 N–H and O–H groups in total. The van der Waals surface area contributed by atoms with Crippen molar-refractivity contribution in [2.24, 2.45) is 0 Å². The SMILES string of the molecule is Nc1cc2c(-c3c(I)c4c5c(nc(OC[C@@]67CCCN6C[C@H](F)C7)nc5c3F)N(CC(F)F)C3CCCOCC3O4)ccc(F)c2s1. The lowest BCUT2D eigenvalue weighted by molar-refractivity contribution is 0.0556. The number of anilines is 2. The highest BCUT2D eigenvalue weighted by Gasteiger charge is 2.49. The molecule has 8 nitrogen and oxygen atoms in total. The Morgan fingerprint density at radius 3 is 2.89 bits per heavy atom. The summed E-state index contributed by atoms with van der Waals surface area (Å²) in [5.74, 6) is -0.936. The lowest BCUT2D eigenvalue weighted by Gasteiger charge is -2.34. The van der Waals surface area contributed by atoms with Crippen molar-refractivity contribution in [1.29, 1.82) is 0 Å². The molecule has 2 aromatic heterocycles. The number of aromatic nitrogens is 2. The van der Waals surface area contributed by atoms with Gasteiger partial charge in [0.25, 0.3) is 6.43 Å². The van der Waals surface area contributed by atoms with Crippen LogP contribution in [0.15, 0.2) is 18.2 Å². The molecule has 4 aliphatic heterocycles. The number of alkyl halides is 3. The topological polar surface area (TPSA) is 86.0 Å². The van der Waals surface area contributed by atoms with Crippen molar-refractivity contribution in [1.82, 2.24) is 14.9 Å². The maximum atomic E-state index is 17.1. The molecule has 8 rings (SSSR count). The van der Waals surface area contributed by atoms with Crippen LogP contribution in [0.2, 0.25) is 0 Å². The first kappa shape index (κ1) is 31.5. The van der Waals surface area contributed by atoms with Gasteiger partial charge in [-0.3, -0.25) is 4.90 Å². The summed E-state index contributed by atoms with van der Waals surface area (Å²) in [7, 11) is 0. The predicted molar refractivity (Wildman–Crippen MR) is 178 cm³/mol. The molecule has 3 fully saturated rings. The Hall–Kier alpha value is -2.76. The number of nitrogens with two attached hydrogens (primary N) is 1. The lowest BCUT2D eigenvalue weighted by Crippen LogP contribution is -2.48. The van der Waals surface area contributed by atoms with E-state index in [9.17, 15) is 17.6 Å². The minimum atomic E-state index is -2.73. The molecule has 4 atom stereocenters. The molecule has 0 aliphatic carbocycles. The van der Waals surface area contributed by atoms with Crippen LogP contribution in [0.25, 0.3) is 32.1 Å². The van der Waals surface area contributed by atoms with Gasteiger partial charge in [-0.2, -0.15) is 9.97 Å². The van der Waals surface area contributed by atoms with E-state index in [0.29, 0.717) is 51.9 Å². The molecule has 2 aromatic carbocycles. The molecule has 3 saturated heterocycles. The molecule has 0 bridgehead atoms. The fraction of sp³-hybridized carbons (Fsp3) is 0.500. The zero-order chi connectivity index (χ0) is 32.6. The molecule has 0 saturated carbocycles. The second-order valence-corrected chi connectivity index (χ2v) is 14.9. The predicted octanol–water partition coefficient (Wildman–Crippen LogP) is 6.94. The molecule has 4 aliphatic rings. The van der Waals surface area contributed by atoms with E-state index in [2.05, 4.69) is 14.9 Å². The summed E-state index contributed by atoms with van der Waals surface area (Å²) in [6.07, 6.45) is -1.41. The number of benzene rings is 2. The average molecular weight is 788 g/mol. The van der Waals surface area contributed by atoms with Crippen LogP contribution in [0.3, 0.4) is 0 Å². The maximum absolute atomic E-state index is 17.1. The van der Waals surface area contributed by atoms with Crippen LogP contribution in [0.4, 0.5) is 32.8 Å². The van der Waals surface area contributed by atoms with E-state index >= 15 is 4.39 Å². The molecule has 0 spiro atoms. The van der Waals surface area contributed by atoms with Crippen LogP contribution < -0.4 is 20.1 Å². The Morgan fingerprint density at radius 1 is 1.21 bits per heavy atom. The normalized spacial score (nSPS) is 26.0. The number of hydrogen-bond acceptors (Lipinski definition) is 9. The first-order valence-corrected chi connectivity index (χ1v) is 17.5. The third kappa shape index (κ3) is 5.26. The third-order valence-corrected chi connectivity index (χ3v) is 11.9. The zero-order valence-electron chi connectivity index (χ0n) is 25.1. The lowest BCUT2D eigenvalue weighted by atomic mass is 9.95. The van der Waals surface area contributed by atoms with Gasteiger partial charge in [0.1, 0.15) is 41.8 Å². The molecule has 0 radical (unpaired) electrons. The first-order valence-electron chi connectivity index (χ1n) is 15.7. The number of thiophene rings is 1. The minimum Gasteiger partial charge on any atom is -0.484 e. The summed E-state index contributed by atoms with van der Waals surface area (Å²) in [6.45, 7) is 1.02. The van der Waals surface area contributed by atoms with Gasteiger partial charge in [0.15, 0.2) is 5.82 Å². The number of ether oxygens (including phenoxy) is 3. The molecule has 0 amide bonds. The van der Waals surface area contributed by atoms with E-state index in [1.807, 2.05) is 22.6 Å². The van der Waals surface area contributed by atoms with Crippen LogP contribution in [-0.4, -0.2) is 84.6 Å². The van der Waals surface area contributed by atoms with Gasteiger partial charge >= 0.3 is 6.01 Å². The van der Waals surface area contributed by atoms with E-state index in [4.69, 9.17) is 19.9 Å². The summed E-state index contributed by atoms with van der Waals surface area (Å²) in [4.78, 5) is 12.8. The largest absolute Gasteiger partial charge is 0.484 e. The molecule has 4 aromatic rings. The van der Waals surface area contributed by atoms with E-state index in [-0.39, 0.29) is 52.0 Å². The number of nitrogens with zero attached hydrogens (tertiary/aromatic N) is 4. The molecule has 2 unspecified atom stereocenters. The van der Waals surface area contributed by atoms with Crippen molar-refractivity contribution < 1.29 is 36.2 Å². The van der Waals surface area contributed by atoms with E-state index < -0.39 is 48.5 Å². The van der Waals surface area contributed by atoms with Crippen LogP contribution in [-0.2, 0) is 4.74 Å². The van der Waals surface area contributed by atoms with Gasteiger partial charge in [-0.25, -0.2) is 22.0 Å². The number of hydrogen-bond donors (Lipinski definition) is 1. The molecule has 15 heteroatoms. The standard InChI is InChI=1S/C32H31F5IN5O3S/c33-15-10-32(6-2-7-42(32)11-15)14-45-31-40-27-24-28(46-20-13-44-8-1-3-19(20)43(12-21(35)36)30(24)41-31)26(38)23(25(27)37)16-4-5-18(34)29-17(16)9-22(39)47-29/h4-5,9,15,19-21H,1-3,6-8,10-14,39H2/t15-,19?,20?,32+/m1/s1. The summed E-state index contributed by atoms with van der Waals surface area (Å²) in [5.41, 5.74) is 5.83. The second kappa shape index (κ2) is 12.0. The van der Waals surface area contributed by atoms with Crippen LogP contribution >= 0.6 is 33.9 Å². The van der Waals surface area contributed by atoms with Crippen molar-refractivity contribution in [3.05, 3.63) is 33.4 Å². The number of halogens is 6. The maximum Gasteiger partial charge on any atom is 0.319 e. The highest BCUT2D eigenvalue weighted by Crippen LogP contribution is 2.50. The van der Waals surface area contributed by atoms with Crippen molar-refractivity contribution in [2.45, 2.75) is 62.4 Å². The fourth-order valence-corrected chi connectivity index (χ4v) is 9.65. The quantitative estimate of drug-likeness (QED) is 0.166. The second-order valence-electron chi connectivity index (χ2n) is 12.7.